The molecule has 0 aliphatic heterocycles. The molecule has 0 bridgehead atoms. The number of hydrogen-bond acceptors (Lipinski definition) is 6. The molecule has 10 heteroatoms. The van der Waals surface area contributed by atoms with Gasteiger partial charge in [-0.1, -0.05) is 0 Å². The predicted octanol–water partition coefficient (Wildman–Crippen LogP) is 4.29. The molecule has 8 nitrogen and oxygen atoms in total. The number of methoxy groups -OCH3 is 1. The molecule has 0 atom stereocenters. The summed E-state index contributed by atoms with van der Waals surface area (Å²) in [5.41, 5.74) is 3.48. The summed E-state index contributed by atoms with van der Waals surface area (Å²) in [6.07, 6.45) is 8.09. The Morgan fingerprint density at radius 3 is 2.84 bits per heavy atom. The summed E-state index contributed by atoms with van der Waals surface area (Å²) in [5.74, 6) is 0.957. The summed E-state index contributed by atoms with van der Waals surface area (Å²) in [7, 11) is 1.59. The standard InChI is InChI=1S/C22H24F2N6O2/c1-31-21-19-16(13-2-7-18-25-8-9-30(18)11-13)10-26-20(19)28-22(29-21)27-14-3-5-15(6-4-14)32-12-17(23)24/h2,7-11,14-15,17H,3-6,12H2,1H3,(H2,26,27,28,29). The van der Waals surface area contributed by atoms with Gasteiger partial charge in [-0.3, -0.25) is 0 Å². The molecular weight excluding hydrogens is 418 g/mol. The van der Waals surface area contributed by atoms with Gasteiger partial charge in [-0.25, -0.2) is 13.8 Å². The van der Waals surface area contributed by atoms with E-state index in [1.165, 1.54) is 0 Å². The van der Waals surface area contributed by atoms with Gasteiger partial charge in [0.25, 0.3) is 6.43 Å². The molecule has 2 N–H and O–H groups in total. The van der Waals surface area contributed by atoms with E-state index in [2.05, 4.69) is 25.3 Å². The van der Waals surface area contributed by atoms with Crippen LogP contribution in [0.2, 0.25) is 0 Å². The Morgan fingerprint density at radius 2 is 2.06 bits per heavy atom. The maximum Gasteiger partial charge on any atom is 0.261 e. The van der Waals surface area contributed by atoms with Crippen molar-refractivity contribution in [3.05, 3.63) is 36.9 Å². The van der Waals surface area contributed by atoms with Crippen LogP contribution in [-0.2, 0) is 4.74 Å². The van der Waals surface area contributed by atoms with Gasteiger partial charge in [0, 0.05) is 42.0 Å². The fraction of sp³-hybridized carbons (Fsp3) is 0.409. The molecule has 4 aromatic heterocycles. The van der Waals surface area contributed by atoms with Crippen LogP contribution < -0.4 is 10.1 Å². The number of rotatable bonds is 7. The van der Waals surface area contributed by atoms with Gasteiger partial charge in [-0.15, -0.1) is 0 Å². The van der Waals surface area contributed by atoms with Crippen molar-refractivity contribution >= 4 is 22.6 Å². The lowest BCUT2D eigenvalue weighted by atomic mass is 9.93. The molecule has 0 amide bonds. The van der Waals surface area contributed by atoms with Gasteiger partial charge in [0.15, 0.2) is 0 Å². The highest BCUT2D eigenvalue weighted by molar-refractivity contribution is 5.97. The van der Waals surface area contributed by atoms with Crippen LogP contribution in [0, 0.1) is 0 Å². The second-order valence-corrected chi connectivity index (χ2v) is 7.94. The number of imidazole rings is 1. The third-order valence-electron chi connectivity index (χ3n) is 5.86. The highest BCUT2D eigenvalue weighted by Crippen LogP contribution is 2.35. The molecule has 1 saturated carbocycles. The van der Waals surface area contributed by atoms with Gasteiger partial charge < -0.3 is 24.2 Å². The Hall–Kier alpha value is -3.27. The van der Waals surface area contributed by atoms with Crippen LogP contribution in [0.1, 0.15) is 25.7 Å². The number of fused-ring (bicyclic) bond motifs is 2. The van der Waals surface area contributed by atoms with Crippen molar-refractivity contribution in [2.24, 2.45) is 0 Å². The van der Waals surface area contributed by atoms with Crippen molar-refractivity contribution in [1.82, 2.24) is 24.3 Å². The minimum absolute atomic E-state index is 0.112. The number of alkyl halides is 2. The van der Waals surface area contributed by atoms with Crippen molar-refractivity contribution in [2.45, 2.75) is 44.3 Å². The monoisotopic (exact) mass is 442 g/mol. The lowest BCUT2D eigenvalue weighted by Gasteiger charge is -2.29. The average molecular weight is 442 g/mol. The van der Waals surface area contributed by atoms with E-state index in [9.17, 15) is 8.78 Å². The Bertz CT molecular complexity index is 1220. The highest BCUT2D eigenvalue weighted by atomic mass is 19.3. The van der Waals surface area contributed by atoms with Gasteiger partial charge in [-0.2, -0.15) is 9.97 Å². The topological polar surface area (TPSA) is 89.4 Å². The molecule has 0 spiro atoms. The Kier molecular flexibility index (Phi) is 5.60. The lowest BCUT2D eigenvalue weighted by molar-refractivity contribution is -0.0374. The Labute approximate surface area is 183 Å². The average Bonchev–Trinajstić information content (AvgIpc) is 3.44. The van der Waals surface area contributed by atoms with Gasteiger partial charge >= 0.3 is 0 Å². The molecule has 0 saturated heterocycles. The van der Waals surface area contributed by atoms with Crippen LogP contribution in [0.4, 0.5) is 14.7 Å². The van der Waals surface area contributed by atoms with Crippen LogP contribution >= 0.6 is 0 Å². The number of halogens is 2. The van der Waals surface area contributed by atoms with E-state index in [0.29, 0.717) is 17.5 Å². The zero-order chi connectivity index (χ0) is 22.1. The van der Waals surface area contributed by atoms with E-state index in [-0.39, 0.29) is 12.1 Å². The van der Waals surface area contributed by atoms with E-state index in [1.807, 2.05) is 35.1 Å². The number of H-pyrrole nitrogens is 1. The number of ether oxygens (including phenoxy) is 2. The lowest BCUT2D eigenvalue weighted by Crippen LogP contribution is -2.31. The zero-order valence-electron chi connectivity index (χ0n) is 17.6. The first-order valence-corrected chi connectivity index (χ1v) is 10.6. The van der Waals surface area contributed by atoms with E-state index in [0.717, 1.165) is 47.8 Å². The van der Waals surface area contributed by atoms with Crippen LogP contribution in [0.5, 0.6) is 5.88 Å². The second-order valence-electron chi connectivity index (χ2n) is 7.94. The minimum atomic E-state index is -2.43. The number of nitrogens with one attached hydrogen (secondary N) is 2. The molecule has 4 aromatic rings. The largest absolute Gasteiger partial charge is 0.480 e. The van der Waals surface area contributed by atoms with Gasteiger partial charge in [0.1, 0.15) is 17.9 Å². The molecule has 0 unspecified atom stereocenters. The third kappa shape index (κ3) is 4.10. The van der Waals surface area contributed by atoms with Crippen LogP contribution in [0.25, 0.3) is 27.8 Å². The quantitative estimate of drug-likeness (QED) is 0.444. The smallest absolute Gasteiger partial charge is 0.261 e. The molecule has 5 rings (SSSR count). The molecule has 1 fully saturated rings. The molecule has 1 aliphatic carbocycles. The maximum absolute atomic E-state index is 12.3. The van der Waals surface area contributed by atoms with E-state index >= 15 is 0 Å². The normalized spacial score (nSPS) is 19.1. The number of hydrogen-bond donors (Lipinski definition) is 2. The van der Waals surface area contributed by atoms with E-state index in [4.69, 9.17) is 9.47 Å². The predicted molar refractivity (Wildman–Crippen MR) is 116 cm³/mol. The van der Waals surface area contributed by atoms with Crippen LogP contribution in [-0.4, -0.2) is 56.6 Å². The zero-order valence-corrected chi connectivity index (χ0v) is 17.6. The number of anilines is 1. The van der Waals surface area contributed by atoms with Crippen molar-refractivity contribution in [2.75, 3.05) is 19.0 Å². The SMILES string of the molecule is COc1nc(NC2CCC(OCC(F)F)CC2)nc2[nH]cc(-c3ccc4nccn4c3)c12. The first kappa shape index (κ1) is 20.6. The second kappa shape index (κ2) is 8.70. The molecule has 0 radical (unpaired) electrons. The van der Waals surface area contributed by atoms with Crippen LogP contribution in [0.3, 0.4) is 0 Å². The molecular formula is C22H24F2N6O2. The first-order chi connectivity index (χ1) is 15.6. The van der Waals surface area contributed by atoms with E-state index in [1.54, 1.807) is 13.3 Å². The summed E-state index contributed by atoms with van der Waals surface area (Å²) in [6, 6.07) is 4.12. The van der Waals surface area contributed by atoms with Crippen molar-refractivity contribution in [1.29, 1.82) is 0 Å². The summed E-state index contributed by atoms with van der Waals surface area (Å²) in [6.45, 7) is -0.497. The van der Waals surface area contributed by atoms with Crippen molar-refractivity contribution in [3.8, 4) is 17.0 Å². The summed E-state index contributed by atoms with van der Waals surface area (Å²) in [5, 5.41) is 4.17. The Balaban J connectivity index is 1.35. The molecule has 32 heavy (non-hydrogen) atoms. The summed E-state index contributed by atoms with van der Waals surface area (Å²) < 4.78 is 37.5. The van der Waals surface area contributed by atoms with Crippen molar-refractivity contribution < 1.29 is 18.3 Å². The number of aromatic amines is 1. The van der Waals surface area contributed by atoms with Gasteiger partial charge in [-0.05, 0) is 37.8 Å². The first-order valence-electron chi connectivity index (χ1n) is 10.6. The van der Waals surface area contributed by atoms with Crippen LogP contribution in [0.15, 0.2) is 36.9 Å². The highest BCUT2D eigenvalue weighted by Gasteiger charge is 2.24. The summed E-state index contributed by atoms with van der Waals surface area (Å²) in [4.78, 5) is 16.7. The third-order valence-corrected chi connectivity index (χ3v) is 5.86. The molecule has 1 aliphatic rings. The van der Waals surface area contributed by atoms with Crippen molar-refractivity contribution in [3.63, 3.8) is 0 Å². The van der Waals surface area contributed by atoms with Gasteiger partial charge in [0.2, 0.25) is 11.8 Å². The number of pyridine rings is 1. The minimum Gasteiger partial charge on any atom is -0.480 e. The van der Waals surface area contributed by atoms with Gasteiger partial charge in [0.05, 0.1) is 18.6 Å². The Morgan fingerprint density at radius 1 is 1.22 bits per heavy atom. The molecule has 168 valence electrons. The number of nitrogens with zero attached hydrogens (tertiary/aromatic N) is 4. The fourth-order valence-corrected chi connectivity index (χ4v) is 4.28. The molecule has 0 aromatic carbocycles. The summed E-state index contributed by atoms with van der Waals surface area (Å²) >= 11 is 0. The number of aromatic nitrogens is 5. The van der Waals surface area contributed by atoms with E-state index < -0.39 is 13.0 Å². The fourth-order valence-electron chi connectivity index (χ4n) is 4.28. The molecule has 4 heterocycles. The maximum atomic E-state index is 12.3.